The van der Waals surface area contributed by atoms with Crippen molar-refractivity contribution in [3.63, 3.8) is 0 Å². The van der Waals surface area contributed by atoms with Crippen molar-refractivity contribution in [2.24, 2.45) is 10.9 Å². The van der Waals surface area contributed by atoms with Gasteiger partial charge in [-0.1, -0.05) is 5.16 Å². The molecule has 0 atom stereocenters. The summed E-state index contributed by atoms with van der Waals surface area (Å²) in [5, 5.41) is 11.4. The van der Waals surface area contributed by atoms with E-state index in [1.54, 1.807) is 6.07 Å². The standard InChI is InChI=1S/C11H13FN2O3/c12-9-2-7(4-17-10-5-16-6-10)1-8(3-9)11(13)14-15/h1-3,10,15H,4-6H2,(H2,13,14). The number of benzene rings is 1. The molecule has 0 unspecified atom stereocenters. The fourth-order valence-electron chi connectivity index (χ4n) is 1.46. The highest BCUT2D eigenvalue weighted by molar-refractivity contribution is 5.97. The summed E-state index contributed by atoms with van der Waals surface area (Å²) in [6.07, 6.45) is 0.0746. The average molecular weight is 240 g/mol. The van der Waals surface area contributed by atoms with E-state index in [9.17, 15) is 4.39 Å². The minimum atomic E-state index is -0.447. The molecule has 0 aromatic heterocycles. The van der Waals surface area contributed by atoms with Crippen LogP contribution in [0.1, 0.15) is 11.1 Å². The number of rotatable bonds is 4. The van der Waals surface area contributed by atoms with Crippen molar-refractivity contribution in [3.05, 3.63) is 35.1 Å². The molecule has 3 N–H and O–H groups in total. The van der Waals surface area contributed by atoms with E-state index in [-0.39, 0.29) is 18.5 Å². The van der Waals surface area contributed by atoms with Crippen LogP contribution < -0.4 is 5.73 Å². The molecule has 0 bridgehead atoms. The smallest absolute Gasteiger partial charge is 0.170 e. The molecule has 1 aliphatic rings. The summed E-state index contributed by atoms with van der Waals surface area (Å²) in [5.74, 6) is -0.574. The number of halogens is 1. The SMILES string of the molecule is N/C(=N/O)c1cc(F)cc(COC2COC2)c1. The maximum absolute atomic E-state index is 13.3. The van der Waals surface area contributed by atoms with Crippen molar-refractivity contribution in [3.8, 4) is 0 Å². The molecule has 1 aromatic rings. The van der Waals surface area contributed by atoms with Gasteiger partial charge in [0, 0.05) is 5.56 Å². The Balaban J connectivity index is 2.07. The predicted octanol–water partition coefficient (Wildman–Crippen LogP) is 0.836. The van der Waals surface area contributed by atoms with Crippen LogP contribution in [-0.2, 0) is 16.1 Å². The van der Waals surface area contributed by atoms with Crippen molar-refractivity contribution in [1.29, 1.82) is 0 Å². The first-order valence-corrected chi connectivity index (χ1v) is 5.16. The second kappa shape index (κ2) is 5.11. The monoisotopic (exact) mass is 240 g/mol. The van der Waals surface area contributed by atoms with E-state index in [0.29, 0.717) is 24.3 Å². The van der Waals surface area contributed by atoms with E-state index in [1.165, 1.54) is 12.1 Å². The Morgan fingerprint density at radius 1 is 1.53 bits per heavy atom. The predicted molar refractivity (Wildman–Crippen MR) is 58.3 cm³/mol. The Bertz CT molecular complexity index is 433. The lowest BCUT2D eigenvalue weighted by Crippen LogP contribution is -2.35. The summed E-state index contributed by atoms with van der Waals surface area (Å²) in [7, 11) is 0. The highest BCUT2D eigenvalue weighted by atomic mass is 19.1. The number of hydrogen-bond acceptors (Lipinski definition) is 4. The van der Waals surface area contributed by atoms with Gasteiger partial charge in [-0.05, 0) is 23.8 Å². The molecule has 6 heteroatoms. The molecule has 1 heterocycles. The van der Waals surface area contributed by atoms with E-state index in [4.69, 9.17) is 20.4 Å². The van der Waals surface area contributed by atoms with Crippen LogP contribution in [0, 0.1) is 5.82 Å². The van der Waals surface area contributed by atoms with Gasteiger partial charge in [0.2, 0.25) is 0 Å². The number of hydrogen-bond donors (Lipinski definition) is 2. The molecule has 0 spiro atoms. The highest BCUT2D eigenvalue weighted by Gasteiger charge is 2.18. The van der Waals surface area contributed by atoms with E-state index in [1.807, 2.05) is 0 Å². The minimum Gasteiger partial charge on any atom is -0.409 e. The molecular formula is C11H13FN2O3. The van der Waals surface area contributed by atoms with Crippen molar-refractivity contribution < 1.29 is 19.1 Å². The molecule has 0 aliphatic carbocycles. The number of amidine groups is 1. The molecule has 17 heavy (non-hydrogen) atoms. The molecule has 1 fully saturated rings. The number of ether oxygens (including phenoxy) is 2. The first-order valence-electron chi connectivity index (χ1n) is 5.16. The molecule has 2 rings (SSSR count). The van der Waals surface area contributed by atoms with Gasteiger partial charge in [0.15, 0.2) is 5.84 Å². The Hall–Kier alpha value is -1.66. The van der Waals surface area contributed by atoms with Crippen LogP contribution in [-0.4, -0.2) is 30.4 Å². The summed E-state index contributed by atoms with van der Waals surface area (Å²) >= 11 is 0. The molecule has 92 valence electrons. The van der Waals surface area contributed by atoms with Gasteiger partial charge < -0.3 is 20.4 Å². The van der Waals surface area contributed by atoms with Gasteiger partial charge in [-0.3, -0.25) is 0 Å². The first kappa shape index (κ1) is 11.8. The van der Waals surface area contributed by atoms with Gasteiger partial charge in [0.25, 0.3) is 0 Å². The summed E-state index contributed by atoms with van der Waals surface area (Å²) in [5.41, 5.74) is 6.36. The summed E-state index contributed by atoms with van der Waals surface area (Å²) < 4.78 is 23.7. The molecule has 1 saturated heterocycles. The van der Waals surface area contributed by atoms with E-state index >= 15 is 0 Å². The Kier molecular flexibility index (Phi) is 3.55. The van der Waals surface area contributed by atoms with Crippen LogP contribution in [0.25, 0.3) is 0 Å². The summed E-state index contributed by atoms with van der Waals surface area (Å²) in [4.78, 5) is 0. The summed E-state index contributed by atoms with van der Waals surface area (Å²) in [6, 6.07) is 4.18. The number of nitrogens with zero attached hydrogens (tertiary/aromatic N) is 1. The third-order valence-electron chi connectivity index (χ3n) is 2.45. The third-order valence-corrected chi connectivity index (χ3v) is 2.45. The van der Waals surface area contributed by atoms with Crippen LogP contribution in [0.15, 0.2) is 23.4 Å². The number of oxime groups is 1. The van der Waals surface area contributed by atoms with Crippen molar-refractivity contribution in [2.75, 3.05) is 13.2 Å². The fourth-order valence-corrected chi connectivity index (χ4v) is 1.46. The fraction of sp³-hybridized carbons (Fsp3) is 0.364. The quantitative estimate of drug-likeness (QED) is 0.354. The van der Waals surface area contributed by atoms with Gasteiger partial charge in [-0.2, -0.15) is 0 Å². The highest BCUT2D eigenvalue weighted by Crippen LogP contribution is 2.13. The molecule has 0 radical (unpaired) electrons. The Labute approximate surface area is 97.6 Å². The normalized spacial score (nSPS) is 16.9. The summed E-state index contributed by atoms with van der Waals surface area (Å²) in [6.45, 7) is 1.42. The maximum Gasteiger partial charge on any atom is 0.170 e. The van der Waals surface area contributed by atoms with Crippen LogP contribution in [0.4, 0.5) is 4.39 Å². The van der Waals surface area contributed by atoms with Crippen LogP contribution in [0.3, 0.4) is 0 Å². The first-order chi connectivity index (χ1) is 8.19. The van der Waals surface area contributed by atoms with Gasteiger partial charge in [-0.15, -0.1) is 0 Å². The van der Waals surface area contributed by atoms with Gasteiger partial charge in [0.05, 0.1) is 19.8 Å². The topological polar surface area (TPSA) is 77.1 Å². The molecule has 1 aliphatic heterocycles. The maximum atomic E-state index is 13.3. The minimum absolute atomic E-state index is 0.0746. The zero-order chi connectivity index (χ0) is 12.3. The average Bonchev–Trinajstić information content (AvgIpc) is 2.25. The molecule has 5 nitrogen and oxygen atoms in total. The molecule has 0 amide bonds. The van der Waals surface area contributed by atoms with E-state index in [2.05, 4.69) is 5.16 Å². The van der Waals surface area contributed by atoms with E-state index in [0.717, 1.165) is 0 Å². The lowest BCUT2D eigenvalue weighted by Gasteiger charge is -2.26. The number of nitrogens with two attached hydrogens (primary N) is 1. The zero-order valence-electron chi connectivity index (χ0n) is 9.10. The lowest BCUT2D eigenvalue weighted by molar-refractivity contribution is -0.135. The van der Waals surface area contributed by atoms with Crippen LogP contribution >= 0.6 is 0 Å². The molecule has 1 aromatic carbocycles. The van der Waals surface area contributed by atoms with Gasteiger partial charge in [-0.25, -0.2) is 4.39 Å². The van der Waals surface area contributed by atoms with Crippen molar-refractivity contribution in [2.45, 2.75) is 12.7 Å². The van der Waals surface area contributed by atoms with Crippen molar-refractivity contribution in [1.82, 2.24) is 0 Å². The van der Waals surface area contributed by atoms with Gasteiger partial charge in [0.1, 0.15) is 11.9 Å². The second-order valence-corrected chi connectivity index (χ2v) is 3.80. The zero-order valence-corrected chi connectivity index (χ0v) is 9.10. The van der Waals surface area contributed by atoms with Crippen LogP contribution in [0.2, 0.25) is 0 Å². The Morgan fingerprint density at radius 3 is 2.88 bits per heavy atom. The van der Waals surface area contributed by atoms with Crippen LogP contribution in [0.5, 0.6) is 0 Å². The van der Waals surface area contributed by atoms with Crippen molar-refractivity contribution >= 4 is 5.84 Å². The largest absolute Gasteiger partial charge is 0.409 e. The third kappa shape index (κ3) is 2.92. The lowest BCUT2D eigenvalue weighted by atomic mass is 10.1. The second-order valence-electron chi connectivity index (χ2n) is 3.80. The molecule has 0 saturated carbocycles. The van der Waals surface area contributed by atoms with Gasteiger partial charge >= 0.3 is 0 Å². The van der Waals surface area contributed by atoms with E-state index < -0.39 is 5.82 Å². The Morgan fingerprint density at radius 2 is 2.29 bits per heavy atom. The molecular weight excluding hydrogens is 227 g/mol.